The van der Waals surface area contributed by atoms with E-state index < -0.39 is 0 Å². The predicted molar refractivity (Wildman–Crippen MR) is 70.3 cm³/mol. The smallest absolute Gasteiger partial charge is 0.238 e. The molecule has 1 fully saturated rings. The molecule has 1 aliphatic rings. The third-order valence-electron chi connectivity index (χ3n) is 2.10. The van der Waals surface area contributed by atoms with Gasteiger partial charge in [0.25, 0.3) is 0 Å². The van der Waals surface area contributed by atoms with E-state index in [0.29, 0.717) is 49.7 Å². The van der Waals surface area contributed by atoms with Gasteiger partial charge in [0, 0.05) is 7.11 Å². The van der Waals surface area contributed by atoms with Crippen LogP contribution < -0.4 is 0 Å². The fourth-order valence-corrected chi connectivity index (χ4v) is 2.34. The molecule has 0 aliphatic carbocycles. The maximum absolute atomic E-state index is 11.3. The molecule has 98 valence electrons. The molecule has 0 saturated carbocycles. The minimum absolute atomic E-state index is 0.0694. The number of nitrogens with zero attached hydrogens (tertiary/aromatic N) is 1. The van der Waals surface area contributed by atoms with Crippen LogP contribution in [0.1, 0.15) is 0 Å². The number of ether oxygens (including phenoxy) is 3. The molecular formula is C10H17NO4S2. The van der Waals surface area contributed by atoms with E-state index in [2.05, 4.69) is 0 Å². The van der Waals surface area contributed by atoms with E-state index in [9.17, 15) is 4.79 Å². The van der Waals surface area contributed by atoms with Crippen LogP contribution in [0.3, 0.4) is 0 Å². The van der Waals surface area contributed by atoms with Gasteiger partial charge in [0.2, 0.25) is 5.91 Å². The predicted octanol–water partition coefficient (Wildman–Crippen LogP) is 0.526. The van der Waals surface area contributed by atoms with Crippen LogP contribution in [-0.4, -0.2) is 67.6 Å². The van der Waals surface area contributed by atoms with Crippen molar-refractivity contribution in [3.63, 3.8) is 0 Å². The Morgan fingerprint density at radius 1 is 1.24 bits per heavy atom. The van der Waals surface area contributed by atoms with Crippen molar-refractivity contribution < 1.29 is 19.0 Å². The molecule has 5 nitrogen and oxygen atoms in total. The Labute approximate surface area is 111 Å². The zero-order chi connectivity index (χ0) is 12.5. The summed E-state index contributed by atoms with van der Waals surface area (Å²) >= 11 is 6.44. The molecule has 0 aromatic carbocycles. The van der Waals surface area contributed by atoms with Gasteiger partial charge < -0.3 is 14.2 Å². The lowest BCUT2D eigenvalue weighted by Crippen LogP contribution is -2.32. The van der Waals surface area contributed by atoms with E-state index in [4.69, 9.17) is 26.4 Å². The van der Waals surface area contributed by atoms with E-state index in [0.717, 1.165) is 0 Å². The van der Waals surface area contributed by atoms with Crippen molar-refractivity contribution in [2.45, 2.75) is 0 Å². The number of thioether (sulfide) groups is 1. The molecule has 0 aromatic heterocycles. The van der Waals surface area contributed by atoms with Gasteiger partial charge in [-0.3, -0.25) is 9.69 Å². The Kier molecular flexibility index (Phi) is 7.70. The summed E-state index contributed by atoms with van der Waals surface area (Å²) in [5.41, 5.74) is 0. The van der Waals surface area contributed by atoms with Gasteiger partial charge in [0.15, 0.2) is 0 Å². The van der Waals surface area contributed by atoms with Crippen molar-refractivity contribution in [1.29, 1.82) is 0 Å². The lowest BCUT2D eigenvalue weighted by atomic mass is 10.5. The number of methoxy groups -OCH3 is 1. The Balaban J connectivity index is 1.93. The number of amides is 1. The summed E-state index contributed by atoms with van der Waals surface area (Å²) in [6.07, 6.45) is 0. The van der Waals surface area contributed by atoms with Crippen molar-refractivity contribution in [3.8, 4) is 0 Å². The van der Waals surface area contributed by atoms with Crippen LogP contribution in [0.25, 0.3) is 0 Å². The van der Waals surface area contributed by atoms with Crippen LogP contribution in [0.15, 0.2) is 0 Å². The SMILES string of the molecule is COCCOCCOCCN1C(=O)CSC1=S. The number of hydrogen-bond donors (Lipinski definition) is 0. The first-order chi connectivity index (χ1) is 8.25. The molecule has 1 amide bonds. The Hall–Kier alpha value is -0.210. The maximum atomic E-state index is 11.3. The second-order valence-electron chi connectivity index (χ2n) is 3.32. The van der Waals surface area contributed by atoms with Crippen molar-refractivity contribution in [1.82, 2.24) is 4.90 Å². The zero-order valence-electron chi connectivity index (χ0n) is 9.85. The first-order valence-corrected chi connectivity index (χ1v) is 6.76. The van der Waals surface area contributed by atoms with E-state index in [1.807, 2.05) is 0 Å². The summed E-state index contributed by atoms with van der Waals surface area (Å²) in [4.78, 5) is 12.9. The average molecular weight is 279 g/mol. The van der Waals surface area contributed by atoms with Crippen molar-refractivity contribution >= 4 is 34.2 Å². The molecule has 1 saturated heterocycles. The van der Waals surface area contributed by atoms with Gasteiger partial charge in [-0.1, -0.05) is 24.0 Å². The van der Waals surface area contributed by atoms with Gasteiger partial charge in [-0.05, 0) is 0 Å². The number of rotatable bonds is 9. The lowest BCUT2D eigenvalue weighted by Gasteiger charge is -2.14. The summed E-state index contributed by atoms with van der Waals surface area (Å²) in [6.45, 7) is 3.24. The molecular weight excluding hydrogens is 262 g/mol. The largest absolute Gasteiger partial charge is 0.382 e. The standard InChI is InChI=1S/C10H17NO4S2/c1-13-4-5-15-7-6-14-3-2-11-9(12)8-17-10(11)16/h2-8H2,1H3. The molecule has 1 heterocycles. The Morgan fingerprint density at radius 3 is 2.47 bits per heavy atom. The Morgan fingerprint density at radius 2 is 1.88 bits per heavy atom. The van der Waals surface area contributed by atoms with Crippen LogP contribution in [0, 0.1) is 0 Å². The third kappa shape index (κ3) is 5.78. The molecule has 1 rings (SSSR count). The molecule has 17 heavy (non-hydrogen) atoms. The van der Waals surface area contributed by atoms with Crippen molar-refractivity contribution in [2.75, 3.05) is 52.4 Å². The van der Waals surface area contributed by atoms with Crippen LogP contribution in [0.2, 0.25) is 0 Å². The number of carbonyl (C=O) groups excluding carboxylic acids is 1. The highest BCUT2D eigenvalue weighted by atomic mass is 32.2. The summed E-state index contributed by atoms with van der Waals surface area (Å²) in [6, 6.07) is 0. The van der Waals surface area contributed by atoms with Crippen LogP contribution in [-0.2, 0) is 19.0 Å². The maximum Gasteiger partial charge on any atom is 0.238 e. The zero-order valence-corrected chi connectivity index (χ0v) is 11.5. The van der Waals surface area contributed by atoms with E-state index in [1.165, 1.54) is 11.8 Å². The minimum Gasteiger partial charge on any atom is -0.382 e. The topological polar surface area (TPSA) is 48.0 Å². The first kappa shape index (κ1) is 14.8. The van der Waals surface area contributed by atoms with Gasteiger partial charge in [-0.15, -0.1) is 0 Å². The molecule has 0 aromatic rings. The van der Waals surface area contributed by atoms with E-state index in [-0.39, 0.29) is 5.91 Å². The number of hydrogen-bond acceptors (Lipinski definition) is 6. The summed E-state index contributed by atoms with van der Waals surface area (Å²) in [7, 11) is 1.63. The van der Waals surface area contributed by atoms with Crippen LogP contribution in [0.4, 0.5) is 0 Å². The molecule has 0 atom stereocenters. The monoisotopic (exact) mass is 279 g/mol. The first-order valence-electron chi connectivity index (χ1n) is 5.37. The quantitative estimate of drug-likeness (QED) is 0.453. The summed E-state index contributed by atoms with van der Waals surface area (Å²) < 4.78 is 16.1. The summed E-state index contributed by atoms with van der Waals surface area (Å²) in [5, 5.41) is 0. The molecule has 0 radical (unpaired) electrons. The van der Waals surface area contributed by atoms with Crippen LogP contribution in [0.5, 0.6) is 0 Å². The van der Waals surface area contributed by atoms with E-state index >= 15 is 0 Å². The highest BCUT2D eigenvalue weighted by Gasteiger charge is 2.25. The molecule has 0 bridgehead atoms. The van der Waals surface area contributed by atoms with E-state index in [1.54, 1.807) is 12.0 Å². The fraction of sp³-hybridized carbons (Fsp3) is 0.800. The second-order valence-corrected chi connectivity index (χ2v) is 4.93. The normalized spacial score (nSPS) is 15.9. The second kappa shape index (κ2) is 8.82. The Bertz CT molecular complexity index is 247. The molecule has 0 unspecified atom stereocenters. The minimum atomic E-state index is 0.0694. The molecule has 0 spiro atoms. The van der Waals surface area contributed by atoms with Gasteiger partial charge in [0.1, 0.15) is 4.32 Å². The van der Waals surface area contributed by atoms with Gasteiger partial charge in [0.05, 0.1) is 45.3 Å². The highest BCUT2D eigenvalue weighted by molar-refractivity contribution is 8.23. The number of carbonyl (C=O) groups is 1. The van der Waals surface area contributed by atoms with Gasteiger partial charge >= 0.3 is 0 Å². The highest BCUT2D eigenvalue weighted by Crippen LogP contribution is 2.18. The van der Waals surface area contributed by atoms with Crippen molar-refractivity contribution in [2.24, 2.45) is 0 Å². The number of thiocarbonyl (C=S) groups is 1. The molecule has 1 aliphatic heterocycles. The third-order valence-corrected chi connectivity index (χ3v) is 3.54. The van der Waals surface area contributed by atoms with Gasteiger partial charge in [-0.2, -0.15) is 0 Å². The lowest BCUT2D eigenvalue weighted by molar-refractivity contribution is -0.124. The van der Waals surface area contributed by atoms with Crippen LogP contribution >= 0.6 is 24.0 Å². The van der Waals surface area contributed by atoms with Gasteiger partial charge in [-0.25, -0.2) is 0 Å². The summed E-state index contributed by atoms with van der Waals surface area (Å²) in [5.74, 6) is 0.527. The molecule has 7 heteroatoms. The average Bonchev–Trinajstić information content (AvgIpc) is 2.63. The fourth-order valence-electron chi connectivity index (χ4n) is 1.22. The molecule has 0 N–H and O–H groups in total. The van der Waals surface area contributed by atoms with Crippen molar-refractivity contribution in [3.05, 3.63) is 0 Å².